The Morgan fingerprint density at radius 1 is 1.31 bits per heavy atom. The van der Waals surface area contributed by atoms with Crippen molar-refractivity contribution < 1.29 is 5.11 Å². The first-order valence-electron chi connectivity index (χ1n) is 3.91. The largest absolute Gasteiger partial charge is 0.270 e. The van der Waals surface area contributed by atoms with Crippen LogP contribution in [0.2, 0.25) is 0 Å². The summed E-state index contributed by atoms with van der Waals surface area (Å²) in [5, 5.41) is 12.1. The van der Waals surface area contributed by atoms with Crippen molar-refractivity contribution >= 4 is 26.8 Å². The summed E-state index contributed by atoms with van der Waals surface area (Å²) in [6.07, 6.45) is 0. The van der Waals surface area contributed by atoms with E-state index in [2.05, 4.69) is 20.9 Å². The topological polar surface area (TPSA) is 32.8 Å². The van der Waals surface area contributed by atoms with Crippen LogP contribution in [0.3, 0.4) is 0 Å². The quantitative estimate of drug-likeness (QED) is 0.690. The molecule has 0 aliphatic rings. The number of benzene rings is 1. The summed E-state index contributed by atoms with van der Waals surface area (Å²) in [5.74, 6) is -0.178. The lowest BCUT2D eigenvalue weighted by atomic mass is 10.1. The molecule has 0 saturated carbocycles. The minimum atomic E-state index is -0.178. The van der Waals surface area contributed by atoms with Gasteiger partial charge in [-0.15, -0.1) is 0 Å². The number of aromatic nitrogens is 1. The summed E-state index contributed by atoms with van der Waals surface area (Å²) in [4.78, 5) is 3.91. The summed E-state index contributed by atoms with van der Waals surface area (Å²) in [5.41, 5.74) is 1.72. The highest BCUT2D eigenvalue weighted by molar-refractivity contribution is 9.10. The Kier molecular flexibility index (Phi) is 1.96. The molecule has 3 heteroatoms. The second-order valence-corrected chi connectivity index (χ2v) is 3.85. The van der Waals surface area contributed by atoms with Crippen LogP contribution in [0.4, 0.5) is 0 Å². The number of pyridine rings is 1. The number of halogens is 1. The first-order valence-corrected chi connectivity index (χ1v) is 4.70. The second kappa shape index (κ2) is 3.00. The number of rotatable bonds is 0. The summed E-state index contributed by atoms with van der Waals surface area (Å²) in [7, 11) is 0. The lowest BCUT2D eigenvalue weighted by Crippen LogP contribution is -1.82. The van der Waals surface area contributed by atoms with Crippen LogP contribution in [-0.4, -0.2) is 4.98 Å². The molecule has 2 aromatic rings. The lowest BCUT2D eigenvalue weighted by molar-refractivity contribution is 0.339. The molecule has 1 radical (unpaired) electrons. The molecule has 65 valence electrons. The van der Waals surface area contributed by atoms with Crippen molar-refractivity contribution in [3.8, 4) is 5.88 Å². The molecule has 2 rings (SSSR count). The fourth-order valence-electron chi connectivity index (χ4n) is 1.34. The zero-order valence-corrected chi connectivity index (χ0v) is 8.63. The highest BCUT2D eigenvalue weighted by Crippen LogP contribution is 2.23. The molecule has 0 fully saturated rings. The molecular weight excluding hydrogens is 230 g/mol. The van der Waals surface area contributed by atoms with Gasteiger partial charge in [-0.1, -0.05) is 22.0 Å². The van der Waals surface area contributed by atoms with Gasteiger partial charge in [-0.05, 0) is 24.6 Å². The van der Waals surface area contributed by atoms with Gasteiger partial charge >= 0.3 is 0 Å². The van der Waals surface area contributed by atoms with Crippen LogP contribution in [0.15, 0.2) is 28.7 Å². The van der Waals surface area contributed by atoms with Crippen molar-refractivity contribution in [2.24, 2.45) is 0 Å². The average molecular weight is 237 g/mol. The van der Waals surface area contributed by atoms with E-state index in [1.54, 1.807) is 6.07 Å². The Morgan fingerprint density at radius 3 is 2.85 bits per heavy atom. The van der Waals surface area contributed by atoms with E-state index >= 15 is 0 Å². The first-order chi connectivity index (χ1) is 6.16. The third-order valence-corrected chi connectivity index (χ3v) is 2.45. The highest BCUT2D eigenvalue weighted by atomic mass is 79.9. The van der Waals surface area contributed by atoms with E-state index in [0.717, 1.165) is 20.9 Å². The Bertz CT molecular complexity index is 462. The van der Waals surface area contributed by atoms with E-state index in [9.17, 15) is 5.11 Å². The van der Waals surface area contributed by atoms with E-state index in [1.807, 2.05) is 25.1 Å². The van der Waals surface area contributed by atoms with E-state index in [0.29, 0.717) is 0 Å². The number of aryl methyl sites for hydroxylation is 1. The smallest absolute Gasteiger partial charge is 0.267 e. The van der Waals surface area contributed by atoms with Crippen molar-refractivity contribution in [1.29, 1.82) is 0 Å². The van der Waals surface area contributed by atoms with Crippen LogP contribution in [0, 0.1) is 6.92 Å². The normalized spacial score (nSPS) is 10.6. The molecule has 0 amide bonds. The maximum absolute atomic E-state index is 11.1. The molecule has 1 aromatic heterocycles. The van der Waals surface area contributed by atoms with Gasteiger partial charge in [0.05, 0.1) is 5.52 Å². The number of hydrogen-bond donors (Lipinski definition) is 0. The highest BCUT2D eigenvalue weighted by Gasteiger charge is 2.02. The predicted octanol–water partition coefficient (Wildman–Crippen LogP) is 3.45. The molecule has 2 nitrogen and oxygen atoms in total. The van der Waals surface area contributed by atoms with E-state index in [1.165, 1.54) is 0 Å². The van der Waals surface area contributed by atoms with Crippen molar-refractivity contribution in [1.82, 2.24) is 4.98 Å². The Morgan fingerprint density at radius 2 is 2.08 bits per heavy atom. The number of fused-ring (bicyclic) bond motifs is 1. The minimum absolute atomic E-state index is 0.178. The van der Waals surface area contributed by atoms with Gasteiger partial charge in [-0.3, -0.25) is 5.11 Å². The van der Waals surface area contributed by atoms with Gasteiger partial charge in [0.15, 0.2) is 0 Å². The van der Waals surface area contributed by atoms with Crippen molar-refractivity contribution in [2.75, 3.05) is 0 Å². The van der Waals surface area contributed by atoms with Crippen molar-refractivity contribution in [3.05, 3.63) is 34.3 Å². The van der Waals surface area contributed by atoms with Gasteiger partial charge in [0, 0.05) is 15.9 Å². The van der Waals surface area contributed by atoms with Gasteiger partial charge in [-0.25, -0.2) is 4.98 Å². The molecule has 0 bridgehead atoms. The molecule has 0 aliphatic heterocycles. The molecule has 0 N–H and O–H groups in total. The summed E-state index contributed by atoms with van der Waals surface area (Å²) >= 11 is 3.34. The van der Waals surface area contributed by atoms with Crippen LogP contribution < -0.4 is 0 Å². The average Bonchev–Trinajstić information content (AvgIpc) is 2.02. The summed E-state index contributed by atoms with van der Waals surface area (Å²) < 4.78 is 0.942. The van der Waals surface area contributed by atoms with Crippen LogP contribution in [-0.2, 0) is 5.11 Å². The third-order valence-electron chi connectivity index (χ3n) is 1.96. The van der Waals surface area contributed by atoms with Crippen LogP contribution in [0.25, 0.3) is 10.9 Å². The van der Waals surface area contributed by atoms with Crippen molar-refractivity contribution in [3.63, 3.8) is 0 Å². The molecule has 0 aliphatic carbocycles. The Balaban J connectivity index is 2.86. The summed E-state index contributed by atoms with van der Waals surface area (Å²) in [6.45, 7) is 1.92. The molecule has 0 atom stereocenters. The van der Waals surface area contributed by atoms with Gasteiger partial charge < -0.3 is 0 Å². The van der Waals surface area contributed by atoms with Crippen LogP contribution in [0.1, 0.15) is 5.56 Å². The number of hydrogen-bond acceptors (Lipinski definition) is 1. The minimum Gasteiger partial charge on any atom is -0.267 e. The van der Waals surface area contributed by atoms with E-state index in [4.69, 9.17) is 0 Å². The zero-order chi connectivity index (χ0) is 9.42. The Labute approximate surface area is 84.4 Å². The van der Waals surface area contributed by atoms with Gasteiger partial charge in [0.25, 0.3) is 5.88 Å². The van der Waals surface area contributed by atoms with Gasteiger partial charge in [0.2, 0.25) is 0 Å². The molecular formula is C10H7BrNO. The van der Waals surface area contributed by atoms with E-state index in [-0.39, 0.29) is 5.88 Å². The zero-order valence-electron chi connectivity index (χ0n) is 7.04. The van der Waals surface area contributed by atoms with E-state index < -0.39 is 0 Å². The molecule has 0 saturated heterocycles. The predicted molar refractivity (Wildman–Crippen MR) is 54.3 cm³/mol. The first kappa shape index (κ1) is 8.51. The fourth-order valence-corrected chi connectivity index (χ4v) is 1.69. The number of nitrogens with zero attached hydrogens (tertiary/aromatic N) is 1. The maximum atomic E-state index is 11.1. The molecule has 13 heavy (non-hydrogen) atoms. The lowest BCUT2D eigenvalue weighted by Gasteiger charge is -2.01. The van der Waals surface area contributed by atoms with Gasteiger partial charge in [-0.2, -0.15) is 0 Å². The second-order valence-electron chi connectivity index (χ2n) is 2.94. The molecule has 1 heterocycles. The molecule has 1 aromatic carbocycles. The maximum Gasteiger partial charge on any atom is 0.270 e. The van der Waals surface area contributed by atoms with Crippen LogP contribution in [0.5, 0.6) is 5.88 Å². The third kappa shape index (κ3) is 1.52. The summed E-state index contributed by atoms with van der Waals surface area (Å²) in [6, 6.07) is 7.31. The monoisotopic (exact) mass is 236 g/mol. The standard InChI is InChI=1S/C10H7BrNO/c1-6-4-10(13)12-9-5-7(11)2-3-8(6)9/h2-5H,1H3. The fraction of sp³-hybridized carbons (Fsp3) is 0.100. The Hall–Kier alpha value is -1.09. The SMILES string of the molecule is Cc1cc([O])nc2cc(Br)ccc12. The van der Waals surface area contributed by atoms with Crippen molar-refractivity contribution in [2.45, 2.75) is 6.92 Å². The van der Waals surface area contributed by atoms with Gasteiger partial charge in [0.1, 0.15) is 0 Å². The molecule has 0 unspecified atom stereocenters. The van der Waals surface area contributed by atoms with Crippen LogP contribution >= 0.6 is 15.9 Å². The molecule has 0 spiro atoms.